The first-order chi connectivity index (χ1) is 14.4. The Balaban J connectivity index is 1.67. The Morgan fingerprint density at radius 3 is 2.80 bits per heavy atom. The van der Waals surface area contributed by atoms with Crippen LogP contribution in [0.3, 0.4) is 0 Å². The van der Waals surface area contributed by atoms with E-state index in [1.807, 2.05) is 32.0 Å². The second kappa shape index (κ2) is 9.63. The minimum absolute atomic E-state index is 0.203. The normalized spacial score (nSPS) is 11.6. The van der Waals surface area contributed by atoms with E-state index in [0.717, 1.165) is 41.3 Å². The average Bonchev–Trinajstić information content (AvgIpc) is 3.21. The number of halogens is 3. The third-order valence-corrected chi connectivity index (χ3v) is 4.70. The molecule has 1 N–H and O–H groups in total. The summed E-state index contributed by atoms with van der Waals surface area (Å²) in [6, 6.07) is 8.55. The second-order valence-electron chi connectivity index (χ2n) is 6.65. The monoisotopic (exact) mass is 431 g/mol. The van der Waals surface area contributed by atoms with Gasteiger partial charge < -0.3 is 9.84 Å². The maximum absolute atomic E-state index is 13.8. The van der Waals surface area contributed by atoms with E-state index in [1.54, 1.807) is 0 Å². The molecular formula is C22H20ClF2N3O2. The Bertz CT molecular complexity index is 1100. The Kier molecular flexibility index (Phi) is 6.95. The SMILES string of the molecule is CC/C=C(/CCNC(=O)c1noc(-c2cc(F)ccc2F)n1)c1cc(Cl)ccc1C. The maximum atomic E-state index is 13.8. The van der Waals surface area contributed by atoms with Gasteiger partial charge in [0, 0.05) is 11.6 Å². The van der Waals surface area contributed by atoms with Crippen molar-refractivity contribution in [2.24, 2.45) is 0 Å². The predicted molar refractivity (Wildman–Crippen MR) is 111 cm³/mol. The molecule has 30 heavy (non-hydrogen) atoms. The van der Waals surface area contributed by atoms with E-state index in [1.165, 1.54) is 0 Å². The first kappa shape index (κ1) is 21.6. The third kappa shape index (κ3) is 5.10. The fraction of sp³-hybridized carbons (Fsp3) is 0.227. The van der Waals surface area contributed by atoms with Crippen molar-refractivity contribution < 1.29 is 18.1 Å². The van der Waals surface area contributed by atoms with Crippen molar-refractivity contribution >= 4 is 23.1 Å². The van der Waals surface area contributed by atoms with Gasteiger partial charge in [-0.25, -0.2) is 8.78 Å². The minimum Gasteiger partial charge on any atom is -0.349 e. The molecule has 0 saturated carbocycles. The van der Waals surface area contributed by atoms with Gasteiger partial charge in [0.1, 0.15) is 11.6 Å². The lowest BCUT2D eigenvalue weighted by atomic mass is 9.97. The van der Waals surface area contributed by atoms with Crippen LogP contribution in [0.1, 0.15) is 41.5 Å². The van der Waals surface area contributed by atoms with Crippen LogP contribution in [-0.4, -0.2) is 22.6 Å². The molecule has 1 aromatic heterocycles. The highest BCUT2D eigenvalue weighted by Crippen LogP contribution is 2.26. The number of amides is 1. The molecule has 0 aliphatic carbocycles. The number of allylic oxidation sites excluding steroid dienone is 1. The molecule has 0 aliphatic rings. The van der Waals surface area contributed by atoms with E-state index < -0.39 is 17.5 Å². The van der Waals surface area contributed by atoms with Crippen LogP contribution in [0, 0.1) is 18.6 Å². The molecule has 1 amide bonds. The molecule has 156 valence electrons. The Labute approximate surface area is 177 Å². The summed E-state index contributed by atoms with van der Waals surface area (Å²) in [6.45, 7) is 4.36. The second-order valence-corrected chi connectivity index (χ2v) is 7.09. The molecule has 0 saturated heterocycles. The molecule has 1 heterocycles. The van der Waals surface area contributed by atoms with Crippen LogP contribution < -0.4 is 5.32 Å². The molecule has 0 aliphatic heterocycles. The molecule has 0 spiro atoms. The molecule has 0 radical (unpaired) electrons. The quantitative estimate of drug-likeness (QED) is 0.529. The molecule has 0 unspecified atom stereocenters. The molecule has 2 aromatic carbocycles. The van der Waals surface area contributed by atoms with Crippen molar-refractivity contribution in [3.63, 3.8) is 0 Å². The van der Waals surface area contributed by atoms with E-state index in [9.17, 15) is 13.6 Å². The lowest BCUT2D eigenvalue weighted by molar-refractivity contribution is 0.0941. The van der Waals surface area contributed by atoms with E-state index in [-0.39, 0.29) is 17.3 Å². The summed E-state index contributed by atoms with van der Waals surface area (Å²) in [5.41, 5.74) is 2.98. The number of benzene rings is 2. The number of aromatic nitrogens is 2. The van der Waals surface area contributed by atoms with Crippen molar-refractivity contribution in [1.29, 1.82) is 0 Å². The zero-order chi connectivity index (χ0) is 21.7. The highest BCUT2D eigenvalue weighted by atomic mass is 35.5. The van der Waals surface area contributed by atoms with Gasteiger partial charge in [0.2, 0.25) is 0 Å². The van der Waals surface area contributed by atoms with Gasteiger partial charge in [0.25, 0.3) is 17.6 Å². The van der Waals surface area contributed by atoms with E-state index >= 15 is 0 Å². The standard InChI is InChI=1S/C22H20ClF2N3O2/c1-3-4-14(17-11-15(23)6-5-13(17)2)9-10-26-21(29)20-27-22(30-28-20)18-12-16(24)7-8-19(18)25/h4-8,11-12H,3,9-10H2,1-2H3,(H,26,29)/b14-4-. The van der Waals surface area contributed by atoms with Gasteiger partial charge in [-0.15, -0.1) is 0 Å². The largest absolute Gasteiger partial charge is 0.349 e. The summed E-state index contributed by atoms with van der Waals surface area (Å²) in [5.74, 6) is -2.47. The average molecular weight is 432 g/mol. The number of hydrogen-bond acceptors (Lipinski definition) is 4. The highest BCUT2D eigenvalue weighted by molar-refractivity contribution is 6.30. The third-order valence-electron chi connectivity index (χ3n) is 4.46. The van der Waals surface area contributed by atoms with Gasteiger partial charge in [0.05, 0.1) is 5.56 Å². The Morgan fingerprint density at radius 2 is 2.03 bits per heavy atom. The van der Waals surface area contributed by atoms with Gasteiger partial charge in [-0.3, -0.25) is 4.79 Å². The van der Waals surface area contributed by atoms with Crippen LogP contribution in [0.5, 0.6) is 0 Å². The molecule has 3 aromatic rings. The molecule has 5 nitrogen and oxygen atoms in total. The van der Waals surface area contributed by atoms with Crippen molar-refractivity contribution in [3.8, 4) is 11.5 Å². The van der Waals surface area contributed by atoms with Crippen molar-refractivity contribution in [3.05, 3.63) is 76.1 Å². The van der Waals surface area contributed by atoms with Crippen LogP contribution >= 0.6 is 11.6 Å². The van der Waals surface area contributed by atoms with Crippen molar-refractivity contribution in [1.82, 2.24) is 15.5 Å². The van der Waals surface area contributed by atoms with Gasteiger partial charge in [-0.05, 0) is 66.8 Å². The number of carbonyl (C=O) groups is 1. The lowest BCUT2D eigenvalue weighted by Gasteiger charge is -2.12. The van der Waals surface area contributed by atoms with Gasteiger partial charge in [-0.2, -0.15) is 4.98 Å². The number of carbonyl (C=O) groups excluding carboxylic acids is 1. The highest BCUT2D eigenvalue weighted by Gasteiger charge is 2.18. The van der Waals surface area contributed by atoms with Crippen LogP contribution in [-0.2, 0) is 0 Å². The fourth-order valence-electron chi connectivity index (χ4n) is 3.01. The molecular weight excluding hydrogens is 412 g/mol. The summed E-state index contributed by atoms with van der Waals surface area (Å²) < 4.78 is 32.1. The minimum atomic E-state index is -0.724. The first-order valence-corrected chi connectivity index (χ1v) is 9.79. The van der Waals surface area contributed by atoms with Crippen molar-refractivity contribution in [2.45, 2.75) is 26.7 Å². The predicted octanol–water partition coefficient (Wildman–Crippen LogP) is 5.59. The van der Waals surface area contributed by atoms with E-state index in [2.05, 4.69) is 21.5 Å². The summed E-state index contributed by atoms with van der Waals surface area (Å²) in [5, 5.41) is 6.92. The molecule has 3 rings (SSSR count). The van der Waals surface area contributed by atoms with Crippen molar-refractivity contribution in [2.75, 3.05) is 6.54 Å². The van der Waals surface area contributed by atoms with Crippen LogP contribution in [0.25, 0.3) is 17.0 Å². The summed E-state index contributed by atoms with van der Waals surface area (Å²) in [7, 11) is 0. The molecule has 0 fully saturated rings. The van der Waals surface area contributed by atoms with Crippen LogP contribution in [0.4, 0.5) is 8.78 Å². The zero-order valence-electron chi connectivity index (χ0n) is 16.5. The molecule has 0 bridgehead atoms. The fourth-order valence-corrected chi connectivity index (χ4v) is 3.18. The number of hydrogen-bond donors (Lipinski definition) is 1. The smallest absolute Gasteiger partial charge is 0.292 e. The van der Waals surface area contributed by atoms with E-state index in [0.29, 0.717) is 18.0 Å². The summed E-state index contributed by atoms with van der Waals surface area (Å²) in [6.07, 6.45) is 3.50. The number of nitrogens with zero attached hydrogens (tertiary/aromatic N) is 2. The molecule has 8 heteroatoms. The number of aryl methyl sites for hydroxylation is 1. The summed E-state index contributed by atoms with van der Waals surface area (Å²) in [4.78, 5) is 16.2. The lowest BCUT2D eigenvalue weighted by Crippen LogP contribution is -2.25. The van der Waals surface area contributed by atoms with Crippen LogP contribution in [0.2, 0.25) is 5.02 Å². The van der Waals surface area contributed by atoms with Gasteiger partial charge in [-0.1, -0.05) is 35.8 Å². The zero-order valence-corrected chi connectivity index (χ0v) is 17.3. The van der Waals surface area contributed by atoms with E-state index in [4.69, 9.17) is 16.1 Å². The van der Waals surface area contributed by atoms with Gasteiger partial charge in [0.15, 0.2) is 0 Å². The van der Waals surface area contributed by atoms with Crippen LogP contribution in [0.15, 0.2) is 47.0 Å². The Hall–Kier alpha value is -3.06. The topological polar surface area (TPSA) is 68.0 Å². The Morgan fingerprint density at radius 1 is 1.23 bits per heavy atom. The summed E-state index contributed by atoms with van der Waals surface area (Å²) >= 11 is 6.13. The number of rotatable bonds is 7. The van der Waals surface area contributed by atoms with Gasteiger partial charge >= 0.3 is 0 Å². The number of nitrogens with one attached hydrogen (secondary N) is 1. The first-order valence-electron chi connectivity index (χ1n) is 9.42. The maximum Gasteiger partial charge on any atom is 0.292 e. The molecule has 0 atom stereocenters.